The minimum atomic E-state index is -1.11. The number of rotatable bonds is 7. The van der Waals surface area contributed by atoms with Crippen molar-refractivity contribution in [1.29, 1.82) is 0 Å². The molecule has 174 valence electrons. The summed E-state index contributed by atoms with van der Waals surface area (Å²) < 4.78 is 11.1. The maximum Gasteiger partial charge on any atom is 0.407 e. The van der Waals surface area contributed by atoms with Gasteiger partial charge in [-0.1, -0.05) is 48.5 Å². The molecule has 1 aliphatic carbocycles. The molecule has 2 aliphatic rings. The first-order valence-corrected chi connectivity index (χ1v) is 11.0. The van der Waals surface area contributed by atoms with E-state index in [0.29, 0.717) is 13.0 Å². The Kier molecular flexibility index (Phi) is 6.37. The van der Waals surface area contributed by atoms with Crippen molar-refractivity contribution in [3.8, 4) is 11.1 Å². The number of amides is 2. The molecule has 3 N–H and O–H groups in total. The molecule has 8 nitrogen and oxygen atoms in total. The second-order valence-electron chi connectivity index (χ2n) is 9.06. The number of benzene rings is 2. The van der Waals surface area contributed by atoms with Crippen LogP contribution in [0.2, 0.25) is 0 Å². The quantitative estimate of drug-likeness (QED) is 0.595. The molecule has 0 spiro atoms. The number of carboxylic acid groups (broad SMARTS) is 1. The molecule has 2 atom stereocenters. The van der Waals surface area contributed by atoms with Crippen LogP contribution in [-0.4, -0.2) is 55.0 Å². The molecule has 1 fully saturated rings. The molecule has 1 heterocycles. The molecule has 2 aromatic rings. The fourth-order valence-electron chi connectivity index (χ4n) is 4.27. The van der Waals surface area contributed by atoms with Crippen LogP contribution >= 0.6 is 0 Å². The van der Waals surface area contributed by atoms with Gasteiger partial charge in [-0.3, -0.25) is 9.59 Å². The van der Waals surface area contributed by atoms with E-state index in [1.165, 1.54) is 13.8 Å². The normalized spacial score (nSPS) is 19.5. The van der Waals surface area contributed by atoms with Crippen LogP contribution in [0.3, 0.4) is 0 Å². The van der Waals surface area contributed by atoms with Gasteiger partial charge in [0.05, 0.1) is 11.5 Å². The minimum absolute atomic E-state index is 0.0430. The molecule has 2 aromatic carbocycles. The minimum Gasteiger partial charge on any atom is -0.481 e. The summed E-state index contributed by atoms with van der Waals surface area (Å²) in [5.41, 5.74) is 3.42. The second kappa shape index (κ2) is 9.23. The van der Waals surface area contributed by atoms with Crippen molar-refractivity contribution in [2.75, 3.05) is 19.8 Å². The number of alkyl carbamates (subject to hydrolysis) is 1. The van der Waals surface area contributed by atoms with E-state index in [2.05, 4.69) is 22.8 Å². The van der Waals surface area contributed by atoms with Gasteiger partial charge in [0, 0.05) is 19.1 Å². The van der Waals surface area contributed by atoms with Gasteiger partial charge < -0.3 is 25.2 Å². The number of aliphatic carboxylic acids is 1. The van der Waals surface area contributed by atoms with Gasteiger partial charge in [0.15, 0.2) is 6.10 Å². The summed E-state index contributed by atoms with van der Waals surface area (Å²) in [5.74, 6) is -1.52. The van der Waals surface area contributed by atoms with Crippen molar-refractivity contribution in [2.24, 2.45) is 5.41 Å². The average Bonchev–Trinajstić information content (AvgIpc) is 3.38. The molecule has 0 unspecified atom stereocenters. The topological polar surface area (TPSA) is 114 Å². The van der Waals surface area contributed by atoms with Crippen LogP contribution in [0.15, 0.2) is 48.5 Å². The zero-order chi connectivity index (χ0) is 23.6. The van der Waals surface area contributed by atoms with Gasteiger partial charge in [-0.15, -0.1) is 0 Å². The number of carboxylic acids is 1. The molecule has 1 aliphatic heterocycles. The molecule has 2 amide bonds. The van der Waals surface area contributed by atoms with Crippen LogP contribution < -0.4 is 10.6 Å². The predicted octanol–water partition coefficient (Wildman–Crippen LogP) is 2.91. The lowest BCUT2D eigenvalue weighted by molar-refractivity contribution is -0.147. The lowest BCUT2D eigenvalue weighted by atomic mass is 9.94. The van der Waals surface area contributed by atoms with E-state index in [1.807, 2.05) is 36.4 Å². The van der Waals surface area contributed by atoms with Crippen LogP contribution in [0.1, 0.15) is 37.3 Å². The van der Waals surface area contributed by atoms with Crippen molar-refractivity contribution in [1.82, 2.24) is 10.6 Å². The van der Waals surface area contributed by atoms with Crippen LogP contribution in [0.4, 0.5) is 4.79 Å². The highest BCUT2D eigenvalue weighted by molar-refractivity contribution is 5.84. The SMILES string of the molecule is CC(C)(CNC(=O)[C@H]1OCC[C@H]1NC(=O)OCC1c2ccccc2-c2ccccc21)C(=O)O. The first-order valence-electron chi connectivity index (χ1n) is 11.0. The summed E-state index contributed by atoms with van der Waals surface area (Å²) in [4.78, 5) is 36.3. The van der Waals surface area contributed by atoms with Crippen molar-refractivity contribution in [3.05, 3.63) is 59.7 Å². The fraction of sp³-hybridized carbons (Fsp3) is 0.400. The van der Waals surface area contributed by atoms with Crippen molar-refractivity contribution >= 4 is 18.0 Å². The zero-order valence-electron chi connectivity index (χ0n) is 18.7. The van der Waals surface area contributed by atoms with Gasteiger partial charge >= 0.3 is 12.1 Å². The number of carbonyl (C=O) groups excluding carboxylic acids is 2. The first-order chi connectivity index (χ1) is 15.8. The third-order valence-corrected chi connectivity index (χ3v) is 6.28. The molecule has 4 rings (SSSR count). The van der Waals surface area contributed by atoms with Crippen molar-refractivity contribution in [3.63, 3.8) is 0 Å². The standard InChI is InChI=1S/C25H28N2O6/c1-25(2,23(29)30)14-26-22(28)21-20(11-12-32-21)27-24(31)33-13-19-17-9-5-3-7-15(17)16-8-4-6-10-18(16)19/h3-10,19-21H,11-14H2,1-2H3,(H,26,28)(H,27,31)(H,29,30)/t20-,21+/m1/s1. The summed E-state index contributed by atoms with van der Waals surface area (Å²) in [7, 11) is 0. The van der Waals surface area contributed by atoms with E-state index in [9.17, 15) is 19.5 Å². The number of ether oxygens (including phenoxy) is 2. The van der Waals surface area contributed by atoms with Crippen molar-refractivity contribution in [2.45, 2.75) is 38.3 Å². The Morgan fingerprint density at radius 2 is 1.67 bits per heavy atom. The van der Waals surface area contributed by atoms with E-state index in [1.54, 1.807) is 0 Å². The number of carbonyl (C=O) groups is 3. The molecule has 0 aromatic heterocycles. The molecule has 0 radical (unpaired) electrons. The highest BCUT2D eigenvalue weighted by atomic mass is 16.6. The first kappa shape index (κ1) is 22.8. The molecule has 8 heteroatoms. The molecule has 0 saturated carbocycles. The van der Waals surface area contributed by atoms with E-state index in [0.717, 1.165) is 22.3 Å². The zero-order valence-corrected chi connectivity index (χ0v) is 18.7. The summed E-state index contributed by atoms with van der Waals surface area (Å²) in [6.45, 7) is 3.50. The monoisotopic (exact) mass is 452 g/mol. The summed E-state index contributed by atoms with van der Waals surface area (Å²) in [5, 5.41) is 14.6. The lowest BCUT2D eigenvalue weighted by Crippen LogP contribution is -2.50. The third-order valence-electron chi connectivity index (χ3n) is 6.28. The Hall–Kier alpha value is -3.39. The summed E-state index contributed by atoms with van der Waals surface area (Å²) in [6, 6.07) is 15.6. The Labute approximate surface area is 192 Å². The Morgan fingerprint density at radius 3 is 2.27 bits per heavy atom. The molecule has 0 bridgehead atoms. The van der Waals surface area contributed by atoms with Gasteiger partial charge in [0.25, 0.3) is 5.91 Å². The average molecular weight is 453 g/mol. The summed E-state index contributed by atoms with van der Waals surface area (Å²) >= 11 is 0. The van der Waals surface area contributed by atoms with E-state index >= 15 is 0 Å². The number of fused-ring (bicyclic) bond motifs is 3. The Bertz CT molecular complexity index is 1020. The summed E-state index contributed by atoms with van der Waals surface area (Å²) in [6.07, 6.45) is -1.05. The van der Waals surface area contributed by atoms with Crippen LogP contribution in [0.25, 0.3) is 11.1 Å². The maximum absolute atomic E-state index is 12.6. The van der Waals surface area contributed by atoms with Gasteiger partial charge in [-0.2, -0.15) is 0 Å². The van der Waals surface area contributed by atoms with Gasteiger partial charge in [-0.25, -0.2) is 4.79 Å². The molecular weight excluding hydrogens is 424 g/mol. The smallest absolute Gasteiger partial charge is 0.407 e. The number of nitrogens with one attached hydrogen (secondary N) is 2. The Balaban J connectivity index is 1.34. The maximum atomic E-state index is 12.6. The van der Waals surface area contributed by atoms with E-state index < -0.39 is 35.5 Å². The molecule has 33 heavy (non-hydrogen) atoms. The van der Waals surface area contributed by atoms with Gasteiger partial charge in [-0.05, 0) is 42.5 Å². The lowest BCUT2D eigenvalue weighted by Gasteiger charge is -2.23. The predicted molar refractivity (Wildman–Crippen MR) is 121 cm³/mol. The fourth-order valence-corrected chi connectivity index (χ4v) is 4.27. The highest BCUT2D eigenvalue weighted by Gasteiger charge is 2.37. The number of hydrogen-bond acceptors (Lipinski definition) is 5. The van der Waals surface area contributed by atoms with Crippen LogP contribution in [0.5, 0.6) is 0 Å². The second-order valence-corrected chi connectivity index (χ2v) is 9.06. The highest BCUT2D eigenvalue weighted by Crippen LogP contribution is 2.44. The van der Waals surface area contributed by atoms with Crippen LogP contribution in [-0.2, 0) is 19.1 Å². The van der Waals surface area contributed by atoms with Gasteiger partial charge in [0.2, 0.25) is 0 Å². The molecular formula is C25H28N2O6. The van der Waals surface area contributed by atoms with Gasteiger partial charge in [0.1, 0.15) is 6.61 Å². The molecule has 1 saturated heterocycles. The number of hydrogen-bond donors (Lipinski definition) is 3. The van der Waals surface area contributed by atoms with Crippen LogP contribution in [0, 0.1) is 5.41 Å². The van der Waals surface area contributed by atoms with E-state index in [4.69, 9.17) is 9.47 Å². The van der Waals surface area contributed by atoms with E-state index in [-0.39, 0.29) is 19.1 Å². The Morgan fingerprint density at radius 1 is 1.06 bits per heavy atom. The third kappa shape index (κ3) is 4.71. The van der Waals surface area contributed by atoms with Crippen molar-refractivity contribution < 1.29 is 29.0 Å². The largest absolute Gasteiger partial charge is 0.481 e.